The van der Waals surface area contributed by atoms with E-state index in [1.54, 1.807) is 13.8 Å². The molecule has 17 heavy (non-hydrogen) atoms. The number of aliphatic carboxylic acids is 1. The van der Waals surface area contributed by atoms with Gasteiger partial charge in [0.1, 0.15) is 0 Å². The predicted octanol–water partition coefficient (Wildman–Crippen LogP) is 2.54. The highest BCUT2D eigenvalue weighted by molar-refractivity contribution is 5.73. The maximum absolute atomic E-state index is 11.0. The van der Waals surface area contributed by atoms with Crippen LogP contribution in [-0.2, 0) is 11.3 Å². The Hall–Kier alpha value is -1.35. The van der Waals surface area contributed by atoms with E-state index >= 15 is 0 Å². The van der Waals surface area contributed by atoms with Crippen molar-refractivity contribution in [3.05, 3.63) is 35.4 Å². The van der Waals surface area contributed by atoms with Crippen LogP contribution >= 0.6 is 0 Å². The van der Waals surface area contributed by atoms with Crippen LogP contribution < -0.4 is 0 Å². The Bertz CT molecular complexity index is 399. The van der Waals surface area contributed by atoms with Crippen molar-refractivity contribution in [1.82, 2.24) is 4.90 Å². The van der Waals surface area contributed by atoms with Gasteiger partial charge in [0.15, 0.2) is 0 Å². The zero-order chi connectivity index (χ0) is 13.1. The molecule has 3 heteroatoms. The number of carboxylic acids is 1. The molecule has 0 unspecified atom stereocenters. The Morgan fingerprint density at radius 3 is 2.47 bits per heavy atom. The molecule has 0 radical (unpaired) electrons. The Morgan fingerprint density at radius 2 is 1.94 bits per heavy atom. The Labute approximate surface area is 103 Å². The third kappa shape index (κ3) is 3.86. The largest absolute Gasteiger partial charge is 0.481 e. The number of carboxylic acid groups (broad SMARTS) is 1. The van der Waals surface area contributed by atoms with Crippen molar-refractivity contribution in [3.63, 3.8) is 0 Å². The van der Waals surface area contributed by atoms with Crippen LogP contribution in [0.1, 0.15) is 25.0 Å². The first-order valence-corrected chi connectivity index (χ1v) is 5.79. The fourth-order valence-electron chi connectivity index (χ4n) is 1.88. The summed E-state index contributed by atoms with van der Waals surface area (Å²) in [5.74, 6) is -0.755. The zero-order valence-corrected chi connectivity index (χ0v) is 11.0. The normalized spacial score (nSPS) is 11.8. The van der Waals surface area contributed by atoms with E-state index in [4.69, 9.17) is 5.11 Å². The van der Waals surface area contributed by atoms with Crippen molar-refractivity contribution >= 4 is 5.97 Å². The van der Waals surface area contributed by atoms with Gasteiger partial charge >= 0.3 is 5.97 Å². The Kier molecular flexibility index (Phi) is 4.29. The minimum atomic E-state index is -0.755. The summed E-state index contributed by atoms with van der Waals surface area (Å²) in [4.78, 5) is 13.1. The number of nitrogens with zero attached hydrogens (tertiary/aromatic N) is 1. The first-order chi connectivity index (χ1) is 7.83. The van der Waals surface area contributed by atoms with E-state index in [0.717, 1.165) is 6.54 Å². The van der Waals surface area contributed by atoms with Gasteiger partial charge in [-0.1, -0.05) is 24.3 Å². The van der Waals surface area contributed by atoms with E-state index in [1.165, 1.54) is 11.1 Å². The van der Waals surface area contributed by atoms with E-state index in [0.29, 0.717) is 6.54 Å². The standard InChI is InChI=1S/C14H21NO2/c1-11-7-5-6-8-12(11)9-15(4)10-14(2,3)13(16)17/h5-8H,9-10H2,1-4H3,(H,16,17). The fraction of sp³-hybridized carbons (Fsp3) is 0.500. The molecule has 0 saturated heterocycles. The molecule has 1 N–H and O–H groups in total. The SMILES string of the molecule is Cc1ccccc1CN(C)CC(C)(C)C(=O)O. The summed E-state index contributed by atoms with van der Waals surface area (Å²) < 4.78 is 0. The quantitative estimate of drug-likeness (QED) is 0.852. The van der Waals surface area contributed by atoms with Crippen LogP contribution in [0.15, 0.2) is 24.3 Å². The molecule has 94 valence electrons. The summed E-state index contributed by atoms with van der Waals surface area (Å²) in [5, 5.41) is 9.08. The van der Waals surface area contributed by atoms with Gasteiger partial charge in [0.05, 0.1) is 5.41 Å². The van der Waals surface area contributed by atoms with Crippen molar-refractivity contribution in [2.45, 2.75) is 27.3 Å². The number of benzene rings is 1. The smallest absolute Gasteiger partial charge is 0.310 e. The lowest BCUT2D eigenvalue weighted by atomic mass is 9.93. The second-order valence-electron chi connectivity index (χ2n) is 5.29. The van der Waals surface area contributed by atoms with Gasteiger partial charge in [-0.15, -0.1) is 0 Å². The van der Waals surface area contributed by atoms with Gasteiger partial charge in [-0.2, -0.15) is 0 Å². The van der Waals surface area contributed by atoms with E-state index in [2.05, 4.69) is 24.0 Å². The second kappa shape index (κ2) is 5.32. The number of hydrogen-bond donors (Lipinski definition) is 1. The molecule has 3 nitrogen and oxygen atoms in total. The Balaban J connectivity index is 2.65. The number of hydrogen-bond acceptors (Lipinski definition) is 2. The molecule has 0 aliphatic heterocycles. The van der Waals surface area contributed by atoms with Gasteiger partial charge in [0.25, 0.3) is 0 Å². The van der Waals surface area contributed by atoms with Gasteiger partial charge in [0, 0.05) is 13.1 Å². The summed E-state index contributed by atoms with van der Waals surface area (Å²) >= 11 is 0. The molecule has 0 spiro atoms. The van der Waals surface area contributed by atoms with Crippen LogP contribution in [0.4, 0.5) is 0 Å². The average Bonchev–Trinajstić information content (AvgIpc) is 2.20. The monoisotopic (exact) mass is 235 g/mol. The van der Waals surface area contributed by atoms with E-state index in [-0.39, 0.29) is 0 Å². The van der Waals surface area contributed by atoms with Gasteiger partial charge in [-0.25, -0.2) is 0 Å². The van der Waals surface area contributed by atoms with Crippen LogP contribution in [-0.4, -0.2) is 29.6 Å². The maximum atomic E-state index is 11.0. The molecule has 0 heterocycles. The minimum Gasteiger partial charge on any atom is -0.481 e. The Morgan fingerprint density at radius 1 is 1.35 bits per heavy atom. The van der Waals surface area contributed by atoms with Crippen molar-refractivity contribution in [2.75, 3.05) is 13.6 Å². The van der Waals surface area contributed by atoms with Crippen LogP contribution in [0.5, 0.6) is 0 Å². The summed E-state index contributed by atoms with van der Waals surface area (Å²) in [6, 6.07) is 8.18. The maximum Gasteiger partial charge on any atom is 0.310 e. The molecule has 0 amide bonds. The molecule has 0 aliphatic rings. The van der Waals surface area contributed by atoms with Gasteiger partial charge in [0.2, 0.25) is 0 Å². The second-order valence-corrected chi connectivity index (χ2v) is 5.29. The molecule has 0 fully saturated rings. The van der Waals surface area contributed by atoms with Crippen LogP contribution in [0.25, 0.3) is 0 Å². The van der Waals surface area contributed by atoms with Crippen molar-refractivity contribution in [1.29, 1.82) is 0 Å². The predicted molar refractivity (Wildman–Crippen MR) is 68.9 cm³/mol. The number of rotatable bonds is 5. The average molecular weight is 235 g/mol. The van der Waals surface area contributed by atoms with Crippen molar-refractivity contribution in [3.8, 4) is 0 Å². The molecule has 1 aromatic carbocycles. The summed E-state index contributed by atoms with van der Waals surface area (Å²) in [5.41, 5.74) is 1.78. The molecule has 0 aromatic heterocycles. The van der Waals surface area contributed by atoms with E-state index in [9.17, 15) is 4.79 Å². The van der Waals surface area contributed by atoms with Crippen LogP contribution in [0.2, 0.25) is 0 Å². The molecule has 1 aromatic rings. The summed E-state index contributed by atoms with van der Waals surface area (Å²) in [6.45, 7) is 6.90. The minimum absolute atomic E-state index is 0.538. The highest BCUT2D eigenvalue weighted by atomic mass is 16.4. The first kappa shape index (κ1) is 13.7. The third-order valence-electron chi connectivity index (χ3n) is 2.95. The lowest BCUT2D eigenvalue weighted by Crippen LogP contribution is -2.37. The zero-order valence-electron chi connectivity index (χ0n) is 11.0. The lowest BCUT2D eigenvalue weighted by Gasteiger charge is -2.26. The van der Waals surface area contributed by atoms with E-state index < -0.39 is 11.4 Å². The molecule has 0 bridgehead atoms. The van der Waals surface area contributed by atoms with E-state index in [1.807, 2.05) is 19.2 Å². The molecule has 0 atom stereocenters. The van der Waals surface area contributed by atoms with Gasteiger partial charge in [-0.3, -0.25) is 4.79 Å². The van der Waals surface area contributed by atoms with Crippen LogP contribution in [0.3, 0.4) is 0 Å². The molecular weight excluding hydrogens is 214 g/mol. The highest BCUT2D eigenvalue weighted by Crippen LogP contribution is 2.18. The number of aryl methyl sites for hydroxylation is 1. The third-order valence-corrected chi connectivity index (χ3v) is 2.95. The topological polar surface area (TPSA) is 40.5 Å². The number of carbonyl (C=O) groups is 1. The lowest BCUT2D eigenvalue weighted by molar-refractivity contribution is -0.147. The van der Waals surface area contributed by atoms with Crippen molar-refractivity contribution in [2.24, 2.45) is 5.41 Å². The fourth-order valence-corrected chi connectivity index (χ4v) is 1.88. The van der Waals surface area contributed by atoms with Crippen LogP contribution in [0, 0.1) is 12.3 Å². The molecule has 0 saturated carbocycles. The van der Waals surface area contributed by atoms with Gasteiger partial charge < -0.3 is 10.0 Å². The van der Waals surface area contributed by atoms with Gasteiger partial charge in [-0.05, 0) is 38.9 Å². The van der Waals surface area contributed by atoms with Crippen molar-refractivity contribution < 1.29 is 9.90 Å². The molecule has 0 aliphatic carbocycles. The molecule has 1 rings (SSSR count). The summed E-state index contributed by atoms with van der Waals surface area (Å²) in [7, 11) is 1.96. The first-order valence-electron chi connectivity index (χ1n) is 5.79. The highest BCUT2D eigenvalue weighted by Gasteiger charge is 2.28. The summed E-state index contributed by atoms with van der Waals surface area (Å²) in [6.07, 6.45) is 0. The molecular formula is C14H21NO2.